The number of phenolic OH excluding ortho intramolecular Hbond substituents is 1. The average Bonchev–Trinajstić information content (AvgIpc) is 2.74. The van der Waals surface area contributed by atoms with E-state index >= 15 is 0 Å². The SMILES string of the molecule is CCC(=O)N(C)CCc1cc(Br)c(OCCCNC(=O)Cc2ccc(O)cc2)c(Br)c1. The van der Waals surface area contributed by atoms with Crippen LogP contribution in [-0.2, 0) is 22.4 Å². The quantitative estimate of drug-likeness (QED) is 0.401. The standard InChI is InChI=1S/C23H28Br2N2O4/c1-3-22(30)27(2)11-9-17-13-19(24)23(20(25)14-17)31-12-4-10-26-21(29)15-16-5-7-18(28)8-6-16/h5-8,13-14,28H,3-4,9-12,15H2,1-2H3,(H,26,29). The smallest absolute Gasteiger partial charge is 0.224 e. The van der Waals surface area contributed by atoms with Crippen molar-refractivity contribution in [2.75, 3.05) is 26.7 Å². The number of benzene rings is 2. The molecule has 0 aromatic heterocycles. The predicted molar refractivity (Wildman–Crippen MR) is 128 cm³/mol. The summed E-state index contributed by atoms with van der Waals surface area (Å²) < 4.78 is 7.57. The predicted octanol–water partition coefficient (Wildman–Crippen LogP) is 4.46. The Bertz CT molecular complexity index is 865. The van der Waals surface area contributed by atoms with E-state index in [1.54, 1.807) is 29.2 Å². The van der Waals surface area contributed by atoms with Crippen molar-refractivity contribution in [1.82, 2.24) is 10.2 Å². The largest absolute Gasteiger partial charge is 0.508 e. The van der Waals surface area contributed by atoms with E-state index in [0.717, 1.165) is 32.2 Å². The number of amides is 2. The Morgan fingerprint density at radius 1 is 1.10 bits per heavy atom. The number of carbonyl (C=O) groups is 2. The van der Waals surface area contributed by atoms with Crippen LogP contribution in [0.2, 0.25) is 0 Å². The Balaban J connectivity index is 1.74. The summed E-state index contributed by atoms with van der Waals surface area (Å²) in [6.07, 6.45) is 2.21. The fourth-order valence-corrected chi connectivity index (χ4v) is 4.43. The number of aromatic hydroxyl groups is 1. The molecule has 0 saturated carbocycles. The van der Waals surface area contributed by atoms with Gasteiger partial charge in [0.1, 0.15) is 11.5 Å². The summed E-state index contributed by atoms with van der Waals surface area (Å²) >= 11 is 7.12. The van der Waals surface area contributed by atoms with E-state index in [1.807, 2.05) is 26.1 Å². The summed E-state index contributed by atoms with van der Waals surface area (Å²) in [5.41, 5.74) is 1.95. The van der Waals surface area contributed by atoms with Gasteiger partial charge in [0.2, 0.25) is 11.8 Å². The molecule has 0 aliphatic heterocycles. The minimum atomic E-state index is -0.0658. The third-order valence-corrected chi connectivity index (χ3v) is 5.89. The van der Waals surface area contributed by atoms with Crippen molar-refractivity contribution in [2.24, 2.45) is 0 Å². The molecule has 8 heteroatoms. The first-order chi connectivity index (χ1) is 14.8. The van der Waals surface area contributed by atoms with Gasteiger partial charge in [-0.05, 0) is 80.1 Å². The van der Waals surface area contributed by atoms with E-state index in [9.17, 15) is 14.7 Å². The highest BCUT2D eigenvalue weighted by Gasteiger charge is 2.11. The van der Waals surface area contributed by atoms with Gasteiger partial charge in [-0.2, -0.15) is 0 Å². The second-order valence-electron chi connectivity index (χ2n) is 7.20. The number of hydrogen-bond donors (Lipinski definition) is 2. The van der Waals surface area contributed by atoms with Gasteiger partial charge in [0.05, 0.1) is 22.0 Å². The highest BCUT2D eigenvalue weighted by atomic mass is 79.9. The van der Waals surface area contributed by atoms with Crippen LogP contribution >= 0.6 is 31.9 Å². The van der Waals surface area contributed by atoms with Crippen LogP contribution in [0.15, 0.2) is 45.3 Å². The molecule has 0 fully saturated rings. The molecule has 0 atom stereocenters. The Labute approximate surface area is 200 Å². The molecule has 0 spiro atoms. The van der Waals surface area contributed by atoms with Crippen LogP contribution in [0.3, 0.4) is 0 Å². The van der Waals surface area contributed by atoms with Crippen molar-refractivity contribution in [2.45, 2.75) is 32.6 Å². The van der Waals surface area contributed by atoms with Crippen molar-refractivity contribution in [3.63, 3.8) is 0 Å². The van der Waals surface area contributed by atoms with Gasteiger partial charge in [-0.15, -0.1) is 0 Å². The minimum absolute atomic E-state index is 0.0658. The van der Waals surface area contributed by atoms with Crippen LogP contribution in [0.5, 0.6) is 11.5 Å². The average molecular weight is 556 g/mol. The topological polar surface area (TPSA) is 78.9 Å². The second-order valence-corrected chi connectivity index (χ2v) is 8.91. The van der Waals surface area contributed by atoms with Crippen LogP contribution in [0.25, 0.3) is 0 Å². The molecule has 0 aliphatic rings. The van der Waals surface area contributed by atoms with Gasteiger partial charge >= 0.3 is 0 Å². The maximum absolute atomic E-state index is 12.0. The molecular weight excluding hydrogens is 528 g/mol. The molecule has 0 heterocycles. The van der Waals surface area contributed by atoms with E-state index in [4.69, 9.17) is 4.74 Å². The number of halogens is 2. The normalized spacial score (nSPS) is 10.6. The second kappa shape index (κ2) is 12.7. The van der Waals surface area contributed by atoms with Gasteiger partial charge in [-0.25, -0.2) is 0 Å². The first-order valence-electron chi connectivity index (χ1n) is 10.2. The number of carbonyl (C=O) groups excluding carboxylic acids is 2. The molecule has 2 N–H and O–H groups in total. The molecule has 2 amide bonds. The van der Waals surface area contributed by atoms with Gasteiger partial charge in [0, 0.05) is 26.6 Å². The summed E-state index contributed by atoms with van der Waals surface area (Å²) in [5, 5.41) is 12.2. The molecule has 2 aromatic carbocycles. The third kappa shape index (κ3) is 8.53. The van der Waals surface area contributed by atoms with Crippen LogP contribution in [0, 0.1) is 0 Å². The third-order valence-electron chi connectivity index (χ3n) is 4.71. The van der Waals surface area contributed by atoms with Gasteiger partial charge in [-0.3, -0.25) is 9.59 Å². The lowest BCUT2D eigenvalue weighted by molar-refractivity contribution is -0.129. The molecule has 0 unspecified atom stereocenters. The lowest BCUT2D eigenvalue weighted by Crippen LogP contribution is -2.27. The summed E-state index contributed by atoms with van der Waals surface area (Å²) in [5.74, 6) is 0.972. The molecule has 6 nitrogen and oxygen atoms in total. The van der Waals surface area contributed by atoms with E-state index in [2.05, 4.69) is 37.2 Å². The van der Waals surface area contributed by atoms with Gasteiger partial charge in [-0.1, -0.05) is 19.1 Å². The highest BCUT2D eigenvalue weighted by molar-refractivity contribution is 9.11. The van der Waals surface area contributed by atoms with E-state index < -0.39 is 0 Å². The highest BCUT2D eigenvalue weighted by Crippen LogP contribution is 2.35. The molecular formula is C23H28Br2N2O4. The molecule has 168 valence electrons. The number of likely N-dealkylation sites (N-methyl/N-ethyl adjacent to an activating group) is 1. The number of ether oxygens (including phenoxy) is 1. The minimum Gasteiger partial charge on any atom is -0.508 e. The fourth-order valence-electron chi connectivity index (χ4n) is 2.92. The van der Waals surface area contributed by atoms with Crippen molar-refractivity contribution >= 4 is 43.7 Å². The fraction of sp³-hybridized carbons (Fsp3) is 0.391. The Morgan fingerprint density at radius 2 is 1.74 bits per heavy atom. The summed E-state index contributed by atoms with van der Waals surface area (Å²) in [6, 6.07) is 10.6. The Kier molecular flexibility index (Phi) is 10.3. The number of rotatable bonds is 11. The van der Waals surface area contributed by atoms with Crippen molar-refractivity contribution in [1.29, 1.82) is 0 Å². The van der Waals surface area contributed by atoms with Crippen LogP contribution < -0.4 is 10.1 Å². The summed E-state index contributed by atoms with van der Waals surface area (Å²) in [7, 11) is 1.82. The lowest BCUT2D eigenvalue weighted by atomic mass is 10.1. The van der Waals surface area contributed by atoms with Gasteiger partial charge < -0.3 is 20.1 Å². The monoisotopic (exact) mass is 554 g/mol. The van der Waals surface area contributed by atoms with E-state index in [1.165, 1.54) is 0 Å². The molecule has 2 aromatic rings. The summed E-state index contributed by atoms with van der Waals surface area (Å²) in [6.45, 7) is 3.50. The first-order valence-corrected chi connectivity index (χ1v) is 11.8. The van der Waals surface area contributed by atoms with Crippen molar-refractivity contribution < 1.29 is 19.4 Å². The van der Waals surface area contributed by atoms with E-state index in [0.29, 0.717) is 32.5 Å². The zero-order valence-corrected chi connectivity index (χ0v) is 21.0. The van der Waals surface area contributed by atoms with Crippen LogP contribution in [-0.4, -0.2) is 48.6 Å². The van der Waals surface area contributed by atoms with Crippen LogP contribution in [0.4, 0.5) is 0 Å². The zero-order valence-electron chi connectivity index (χ0n) is 17.8. The van der Waals surface area contributed by atoms with Crippen molar-refractivity contribution in [3.05, 3.63) is 56.5 Å². The van der Waals surface area contributed by atoms with Gasteiger partial charge in [0.15, 0.2) is 0 Å². The number of phenols is 1. The summed E-state index contributed by atoms with van der Waals surface area (Å²) in [4.78, 5) is 25.4. The maximum atomic E-state index is 12.0. The zero-order chi connectivity index (χ0) is 22.8. The Morgan fingerprint density at radius 3 is 2.35 bits per heavy atom. The lowest BCUT2D eigenvalue weighted by Gasteiger charge is -2.17. The van der Waals surface area contributed by atoms with Crippen LogP contribution in [0.1, 0.15) is 30.9 Å². The Hall–Kier alpha value is -2.06. The first kappa shape index (κ1) is 25.2. The molecule has 0 bridgehead atoms. The number of hydrogen-bond acceptors (Lipinski definition) is 4. The van der Waals surface area contributed by atoms with E-state index in [-0.39, 0.29) is 24.0 Å². The van der Waals surface area contributed by atoms with Crippen molar-refractivity contribution in [3.8, 4) is 11.5 Å². The molecule has 0 radical (unpaired) electrons. The number of nitrogens with zero attached hydrogens (tertiary/aromatic N) is 1. The number of nitrogens with one attached hydrogen (secondary N) is 1. The molecule has 2 rings (SSSR count). The molecule has 0 aliphatic carbocycles. The van der Waals surface area contributed by atoms with Gasteiger partial charge in [0.25, 0.3) is 0 Å². The maximum Gasteiger partial charge on any atom is 0.224 e. The molecule has 0 saturated heterocycles. The molecule has 31 heavy (non-hydrogen) atoms.